The van der Waals surface area contributed by atoms with E-state index in [-0.39, 0.29) is 6.04 Å². The first-order valence-electron chi connectivity index (χ1n) is 10.4. The molecular formula is C25H19N5S. The molecule has 0 saturated carbocycles. The first-order valence-corrected chi connectivity index (χ1v) is 11.3. The average molecular weight is 422 g/mol. The van der Waals surface area contributed by atoms with Gasteiger partial charge >= 0.3 is 0 Å². The Balaban J connectivity index is 1.36. The number of aryl methyl sites for hydroxylation is 1. The summed E-state index contributed by atoms with van der Waals surface area (Å²) >= 11 is 1.65. The number of aromatic nitrogens is 3. The summed E-state index contributed by atoms with van der Waals surface area (Å²) in [5.41, 5.74) is 10.4. The van der Waals surface area contributed by atoms with Gasteiger partial charge in [0.1, 0.15) is 5.69 Å². The number of fused-ring (bicyclic) bond motifs is 3. The van der Waals surface area contributed by atoms with Crippen molar-refractivity contribution in [2.45, 2.75) is 25.3 Å². The lowest BCUT2D eigenvalue weighted by Crippen LogP contribution is -2.17. The zero-order valence-electron chi connectivity index (χ0n) is 16.7. The second kappa shape index (κ2) is 7.22. The molecule has 5 nitrogen and oxygen atoms in total. The molecule has 1 aliphatic rings. The van der Waals surface area contributed by atoms with Crippen molar-refractivity contribution in [3.63, 3.8) is 0 Å². The minimum absolute atomic E-state index is 0.248. The highest BCUT2D eigenvalue weighted by atomic mass is 32.1. The Morgan fingerprint density at radius 1 is 1.10 bits per heavy atom. The van der Waals surface area contributed by atoms with E-state index in [9.17, 15) is 5.26 Å². The van der Waals surface area contributed by atoms with Crippen LogP contribution < -0.4 is 5.32 Å². The molecule has 0 radical (unpaired) electrons. The molecule has 6 rings (SSSR count). The zero-order valence-corrected chi connectivity index (χ0v) is 17.5. The third kappa shape index (κ3) is 3.15. The van der Waals surface area contributed by atoms with Crippen molar-refractivity contribution in [2.24, 2.45) is 0 Å². The highest BCUT2D eigenvalue weighted by molar-refractivity contribution is 7.16. The van der Waals surface area contributed by atoms with Crippen molar-refractivity contribution in [2.75, 3.05) is 5.32 Å². The van der Waals surface area contributed by atoms with Crippen molar-refractivity contribution in [1.29, 1.82) is 5.26 Å². The van der Waals surface area contributed by atoms with Gasteiger partial charge in [-0.25, -0.2) is 4.98 Å². The fourth-order valence-corrected chi connectivity index (χ4v) is 5.28. The molecule has 150 valence electrons. The van der Waals surface area contributed by atoms with Crippen LogP contribution in [-0.4, -0.2) is 15.2 Å². The predicted molar refractivity (Wildman–Crippen MR) is 125 cm³/mol. The topological polar surface area (TPSA) is 77.4 Å². The van der Waals surface area contributed by atoms with Crippen LogP contribution in [0.5, 0.6) is 0 Å². The summed E-state index contributed by atoms with van der Waals surface area (Å²) in [7, 11) is 0. The maximum absolute atomic E-state index is 9.21. The van der Waals surface area contributed by atoms with Gasteiger partial charge in [0, 0.05) is 16.6 Å². The van der Waals surface area contributed by atoms with Crippen LogP contribution in [0.1, 0.15) is 35.6 Å². The van der Waals surface area contributed by atoms with E-state index in [1.807, 2.05) is 17.6 Å². The number of nitrogens with zero attached hydrogens (tertiary/aromatic N) is 3. The van der Waals surface area contributed by atoms with E-state index in [1.165, 1.54) is 15.8 Å². The van der Waals surface area contributed by atoms with Crippen molar-refractivity contribution in [3.8, 4) is 17.3 Å². The molecule has 0 unspecified atom stereocenters. The minimum Gasteiger partial charge on any atom is -0.378 e. The third-order valence-corrected chi connectivity index (χ3v) is 6.89. The third-order valence-electron chi connectivity index (χ3n) is 6.09. The van der Waals surface area contributed by atoms with E-state index in [1.54, 1.807) is 11.3 Å². The van der Waals surface area contributed by atoms with E-state index in [0.717, 1.165) is 58.2 Å². The lowest BCUT2D eigenvalue weighted by Gasteiger charge is -2.27. The largest absolute Gasteiger partial charge is 0.378 e. The van der Waals surface area contributed by atoms with E-state index >= 15 is 0 Å². The maximum atomic E-state index is 9.21. The van der Waals surface area contributed by atoms with E-state index in [4.69, 9.17) is 0 Å². The standard InChI is InChI=1S/C25H19N5S/c26-13-15-4-7-19-16(10-15)2-1-3-21(19)28-18-6-9-22-20(12-18)25(30-29-22)17-5-8-23-24(11-17)31-14-27-23/h4-12,14,21,28H,1-3H2,(H,29,30)/t21-/m0/s1. The molecule has 0 amide bonds. The van der Waals surface area contributed by atoms with Gasteiger partial charge in [0.05, 0.1) is 38.9 Å². The second-order valence-corrected chi connectivity index (χ2v) is 8.87. The molecule has 2 aromatic heterocycles. The number of thiazole rings is 1. The lowest BCUT2D eigenvalue weighted by atomic mass is 9.86. The van der Waals surface area contributed by atoms with Crippen LogP contribution in [0.3, 0.4) is 0 Å². The fourth-order valence-electron chi connectivity index (χ4n) is 4.56. The quantitative estimate of drug-likeness (QED) is 0.363. The number of aromatic amines is 1. The number of H-pyrrole nitrogens is 1. The Hall–Kier alpha value is -3.69. The molecule has 2 heterocycles. The predicted octanol–water partition coefficient (Wildman–Crippen LogP) is 6.20. The van der Waals surface area contributed by atoms with Crippen LogP contribution in [0.15, 0.2) is 60.1 Å². The van der Waals surface area contributed by atoms with Gasteiger partial charge in [0.25, 0.3) is 0 Å². The summed E-state index contributed by atoms with van der Waals surface area (Å²) in [5, 5.41) is 21.8. The normalized spacial score (nSPS) is 15.6. The molecule has 31 heavy (non-hydrogen) atoms. The number of anilines is 1. The van der Waals surface area contributed by atoms with Crippen LogP contribution in [0.25, 0.3) is 32.4 Å². The summed E-state index contributed by atoms with van der Waals surface area (Å²) in [6, 6.07) is 21.2. The van der Waals surface area contributed by atoms with Gasteiger partial charge in [0.15, 0.2) is 0 Å². The average Bonchev–Trinajstić information content (AvgIpc) is 3.45. The number of rotatable bonds is 3. The van der Waals surface area contributed by atoms with Crippen LogP contribution in [0.4, 0.5) is 5.69 Å². The fraction of sp³-hybridized carbons (Fsp3) is 0.160. The summed E-state index contributed by atoms with van der Waals surface area (Å²) < 4.78 is 1.17. The van der Waals surface area contributed by atoms with Crippen LogP contribution in [0.2, 0.25) is 0 Å². The lowest BCUT2D eigenvalue weighted by molar-refractivity contribution is 0.600. The van der Waals surface area contributed by atoms with Crippen LogP contribution >= 0.6 is 11.3 Å². The molecule has 0 bridgehead atoms. The van der Waals surface area contributed by atoms with Crippen molar-refractivity contribution in [3.05, 3.63) is 76.8 Å². The molecule has 1 aliphatic carbocycles. The van der Waals surface area contributed by atoms with E-state index in [0.29, 0.717) is 0 Å². The molecule has 6 heteroatoms. The molecule has 2 N–H and O–H groups in total. The van der Waals surface area contributed by atoms with Gasteiger partial charge in [-0.05, 0) is 72.9 Å². The SMILES string of the molecule is N#Cc1ccc2c(c1)CCC[C@@H]2Nc1ccc2[nH]nc(-c3ccc4ncsc4c3)c2c1. The molecule has 0 aliphatic heterocycles. The summed E-state index contributed by atoms with van der Waals surface area (Å²) in [6.07, 6.45) is 3.23. The van der Waals surface area contributed by atoms with Gasteiger partial charge in [-0.15, -0.1) is 11.3 Å². The molecule has 3 aromatic carbocycles. The Labute approximate surface area is 183 Å². The number of hydrogen-bond acceptors (Lipinski definition) is 5. The van der Waals surface area contributed by atoms with Gasteiger partial charge in [-0.1, -0.05) is 12.1 Å². The molecule has 0 saturated heterocycles. The van der Waals surface area contributed by atoms with Crippen LogP contribution in [0, 0.1) is 11.3 Å². The Kier molecular flexibility index (Phi) is 4.22. The summed E-state index contributed by atoms with van der Waals surface area (Å²) in [5.74, 6) is 0. The number of hydrogen-bond donors (Lipinski definition) is 2. The summed E-state index contributed by atoms with van der Waals surface area (Å²) in [4.78, 5) is 4.37. The first-order chi connectivity index (χ1) is 15.3. The van der Waals surface area contributed by atoms with Gasteiger partial charge in [0.2, 0.25) is 0 Å². The molecule has 0 spiro atoms. The number of nitriles is 1. The Morgan fingerprint density at radius 2 is 2.06 bits per heavy atom. The van der Waals surface area contributed by atoms with Crippen molar-refractivity contribution in [1.82, 2.24) is 15.2 Å². The Morgan fingerprint density at radius 3 is 3.00 bits per heavy atom. The highest BCUT2D eigenvalue weighted by Crippen LogP contribution is 2.35. The monoisotopic (exact) mass is 421 g/mol. The summed E-state index contributed by atoms with van der Waals surface area (Å²) in [6.45, 7) is 0. The van der Waals surface area contributed by atoms with Crippen LogP contribution in [-0.2, 0) is 6.42 Å². The second-order valence-electron chi connectivity index (χ2n) is 7.98. The van der Waals surface area contributed by atoms with Gasteiger partial charge in [-0.2, -0.15) is 10.4 Å². The van der Waals surface area contributed by atoms with E-state index in [2.05, 4.69) is 69.0 Å². The molecule has 0 fully saturated rings. The zero-order chi connectivity index (χ0) is 20.8. The first kappa shape index (κ1) is 18.1. The Bertz CT molecular complexity index is 1470. The van der Waals surface area contributed by atoms with Gasteiger partial charge < -0.3 is 5.32 Å². The number of nitrogens with one attached hydrogen (secondary N) is 2. The number of benzene rings is 3. The van der Waals surface area contributed by atoms with E-state index < -0.39 is 0 Å². The van der Waals surface area contributed by atoms with Gasteiger partial charge in [-0.3, -0.25) is 5.10 Å². The smallest absolute Gasteiger partial charge is 0.100 e. The maximum Gasteiger partial charge on any atom is 0.100 e. The molecule has 5 aromatic rings. The van der Waals surface area contributed by atoms with Crippen molar-refractivity contribution >= 4 is 38.1 Å². The molecular weight excluding hydrogens is 402 g/mol. The highest BCUT2D eigenvalue weighted by Gasteiger charge is 2.21. The molecule has 1 atom stereocenters. The van der Waals surface area contributed by atoms with Crippen molar-refractivity contribution < 1.29 is 0 Å². The minimum atomic E-state index is 0.248.